The molecule has 0 unspecified atom stereocenters. The van der Waals surface area contributed by atoms with E-state index in [1.807, 2.05) is 25.1 Å². The van der Waals surface area contributed by atoms with Gasteiger partial charge >= 0.3 is 0 Å². The predicted molar refractivity (Wildman–Crippen MR) is 86.6 cm³/mol. The van der Waals surface area contributed by atoms with Gasteiger partial charge in [-0.25, -0.2) is 0 Å². The third-order valence-electron chi connectivity index (χ3n) is 3.38. The van der Waals surface area contributed by atoms with Crippen LogP contribution in [0.1, 0.15) is 24.5 Å². The van der Waals surface area contributed by atoms with Crippen LogP contribution < -0.4 is 0 Å². The van der Waals surface area contributed by atoms with Crippen LogP contribution in [0.3, 0.4) is 0 Å². The highest BCUT2D eigenvalue weighted by atomic mass is 16.6. The van der Waals surface area contributed by atoms with Crippen molar-refractivity contribution in [2.24, 2.45) is 4.99 Å². The van der Waals surface area contributed by atoms with Crippen LogP contribution in [0.5, 0.6) is 5.75 Å². The maximum Gasteiger partial charge on any atom is 0.270 e. The van der Waals surface area contributed by atoms with Gasteiger partial charge in [-0.05, 0) is 31.4 Å². The number of benzene rings is 2. The second-order valence-corrected chi connectivity index (χ2v) is 5.15. The molecule has 0 amide bonds. The zero-order valence-corrected chi connectivity index (χ0v) is 12.3. The second-order valence-electron chi connectivity index (χ2n) is 5.15. The van der Waals surface area contributed by atoms with Crippen LogP contribution in [-0.2, 0) is 6.42 Å². The predicted octanol–water partition coefficient (Wildman–Crippen LogP) is 3.74. The third-order valence-corrected chi connectivity index (χ3v) is 3.38. The van der Waals surface area contributed by atoms with E-state index in [1.165, 1.54) is 30.0 Å². The van der Waals surface area contributed by atoms with Crippen molar-refractivity contribution in [2.75, 3.05) is 0 Å². The SMILES string of the molecule is C[C@@H](CCc1ccccc1)N=Cc1cc([N+](=O)[O-])ccc1O. The van der Waals surface area contributed by atoms with Crippen molar-refractivity contribution in [2.45, 2.75) is 25.8 Å². The lowest BCUT2D eigenvalue weighted by Gasteiger charge is -2.06. The van der Waals surface area contributed by atoms with Crippen LogP contribution in [0.4, 0.5) is 5.69 Å². The minimum atomic E-state index is -0.490. The maximum atomic E-state index is 10.7. The smallest absolute Gasteiger partial charge is 0.270 e. The summed E-state index contributed by atoms with van der Waals surface area (Å²) < 4.78 is 0. The van der Waals surface area contributed by atoms with Crippen molar-refractivity contribution in [3.8, 4) is 5.75 Å². The van der Waals surface area contributed by atoms with Crippen molar-refractivity contribution in [3.05, 3.63) is 69.8 Å². The van der Waals surface area contributed by atoms with Gasteiger partial charge in [0, 0.05) is 30.0 Å². The lowest BCUT2D eigenvalue weighted by atomic mass is 10.1. The van der Waals surface area contributed by atoms with Crippen LogP contribution in [0.2, 0.25) is 0 Å². The van der Waals surface area contributed by atoms with E-state index in [0.29, 0.717) is 5.56 Å². The topological polar surface area (TPSA) is 75.7 Å². The molecule has 0 radical (unpaired) electrons. The number of rotatable bonds is 6. The number of aromatic hydroxyl groups is 1. The minimum absolute atomic E-state index is 0.00962. The molecule has 0 aromatic heterocycles. The van der Waals surface area contributed by atoms with Gasteiger partial charge in [-0.3, -0.25) is 15.1 Å². The van der Waals surface area contributed by atoms with Crippen LogP contribution in [0.25, 0.3) is 0 Å². The third kappa shape index (κ3) is 4.41. The molecular formula is C17H18N2O3. The van der Waals surface area contributed by atoms with Gasteiger partial charge in [0.1, 0.15) is 5.75 Å². The van der Waals surface area contributed by atoms with Crippen molar-refractivity contribution in [3.63, 3.8) is 0 Å². The number of nitrogens with zero attached hydrogens (tertiary/aromatic N) is 2. The number of aliphatic imine (C=N–C) groups is 1. The molecule has 0 aliphatic heterocycles. The summed E-state index contributed by atoms with van der Waals surface area (Å²) in [5.41, 5.74) is 1.56. The second kappa shape index (κ2) is 7.36. The molecule has 0 saturated heterocycles. The van der Waals surface area contributed by atoms with E-state index in [9.17, 15) is 15.2 Å². The molecule has 2 rings (SSSR count). The summed E-state index contributed by atoms with van der Waals surface area (Å²) in [6.07, 6.45) is 3.29. The number of non-ortho nitro benzene ring substituents is 1. The molecule has 114 valence electrons. The fourth-order valence-electron chi connectivity index (χ4n) is 2.06. The van der Waals surface area contributed by atoms with Crippen molar-refractivity contribution in [1.82, 2.24) is 0 Å². The van der Waals surface area contributed by atoms with E-state index in [-0.39, 0.29) is 17.5 Å². The largest absolute Gasteiger partial charge is 0.507 e. The van der Waals surface area contributed by atoms with Crippen molar-refractivity contribution in [1.29, 1.82) is 0 Å². The zero-order chi connectivity index (χ0) is 15.9. The Balaban J connectivity index is 1.99. The minimum Gasteiger partial charge on any atom is -0.507 e. The van der Waals surface area contributed by atoms with Crippen LogP contribution >= 0.6 is 0 Å². The molecule has 5 nitrogen and oxygen atoms in total. The standard InChI is InChI=1S/C17H18N2O3/c1-13(7-8-14-5-3-2-4-6-14)18-12-15-11-16(19(21)22)9-10-17(15)20/h2-6,9-13,20H,7-8H2,1H3/t13-/m0/s1. The monoisotopic (exact) mass is 298 g/mol. The highest BCUT2D eigenvalue weighted by Gasteiger charge is 2.09. The first-order valence-corrected chi connectivity index (χ1v) is 7.11. The average Bonchev–Trinajstić information content (AvgIpc) is 2.53. The number of hydrogen-bond donors (Lipinski definition) is 1. The molecule has 1 N–H and O–H groups in total. The average molecular weight is 298 g/mol. The number of hydrogen-bond acceptors (Lipinski definition) is 4. The summed E-state index contributed by atoms with van der Waals surface area (Å²) in [4.78, 5) is 14.6. The molecule has 0 heterocycles. The number of nitro groups is 1. The summed E-state index contributed by atoms with van der Waals surface area (Å²) in [6.45, 7) is 1.98. The van der Waals surface area contributed by atoms with E-state index in [4.69, 9.17) is 0 Å². The van der Waals surface area contributed by atoms with Crippen LogP contribution in [0, 0.1) is 10.1 Å². The van der Waals surface area contributed by atoms with E-state index in [1.54, 1.807) is 0 Å². The van der Waals surface area contributed by atoms with E-state index < -0.39 is 4.92 Å². The molecule has 2 aromatic rings. The zero-order valence-electron chi connectivity index (χ0n) is 12.3. The van der Waals surface area contributed by atoms with Crippen LogP contribution in [0.15, 0.2) is 53.5 Å². The Morgan fingerprint density at radius 2 is 2.00 bits per heavy atom. The normalized spacial score (nSPS) is 12.4. The molecule has 0 bridgehead atoms. The Labute approximate surface area is 129 Å². The molecule has 2 aromatic carbocycles. The fourth-order valence-corrected chi connectivity index (χ4v) is 2.06. The Kier molecular flexibility index (Phi) is 5.25. The first-order valence-electron chi connectivity index (χ1n) is 7.11. The summed E-state index contributed by atoms with van der Waals surface area (Å²) in [5.74, 6) is -0.00962. The molecule has 0 saturated carbocycles. The summed E-state index contributed by atoms with van der Waals surface area (Å²) in [6, 6.07) is 14.1. The molecule has 22 heavy (non-hydrogen) atoms. The lowest BCUT2D eigenvalue weighted by molar-refractivity contribution is -0.384. The van der Waals surface area contributed by atoms with Gasteiger partial charge < -0.3 is 5.11 Å². The molecule has 5 heteroatoms. The van der Waals surface area contributed by atoms with Gasteiger partial charge in [0.25, 0.3) is 5.69 Å². The molecule has 0 spiro atoms. The summed E-state index contributed by atoms with van der Waals surface area (Å²) in [7, 11) is 0. The van der Waals surface area contributed by atoms with Gasteiger partial charge in [-0.15, -0.1) is 0 Å². The highest BCUT2D eigenvalue weighted by Crippen LogP contribution is 2.21. The molecule has 0 aliphatic carbocycles. The van der Waals surface area contributed by atoms with Gasteiger partial charge in [0.05, 0.1) is 4.92 Å². The molecular weight excluding hydrogens is 280 g/mol. The summed E-state index contributed by atoms with van der Waals surface area (Å²) >= 11 is 0. The Morgan fingerprint density at radius 1 is 1.27 bits per heavy atom. The van der Waals surface area contributed by atoms with Crippen molar-refractivity contribution >= 4 is 11.9 Å². The van der Waals surface area contributed by atoms with Crippen molar-refractivity contribution < 1.29 is 10.0 Å². The van der Waals surface area contributed by atoms with Gasteiger partial charge in [-0.2, -0.15) is 0 Å². The lowest BCUT2D eigenvalue weighted by Crippen LogP contribution is -2.01. The molecule has 0 fully saturated rings. The number of nitro benzene ring substituents is 1. The maximum absolute atomic E-state index is 10.7. The Bertz CT molecular complexity index is 669. The molecule has 0 aliphatic rings. The first kappa shape index (κ1) is 15.7. The number of phenols is 1. The molecule has 1 atom stereocenters. The van der Waals surface area contributed by atoms with E-state index in [0.717, 1.165) is 12.8 Å². The number of phenolic OH excluding ortho intramolecular Hbond substituents is 1. The van der Waals surface area contributed by atoms with Crippen LogP contribution in [-0.4, -0.2) is 22.3 Å². The Morgan fingerprint density at radius 3 is 2.68 bits per heavy atom. The van der Waals surface area contributed by atoms with Gasteiger partial charge in [0.2, 0.25) is 0 Å². The fraction of sp³-hybridized carbons (Fsp3) is 0.235. The van der Waals surface area contributed by atoms with Gasteiger partial charge in [0.15, 0.2) is 0 Å². The summed E-state index contributed by atoms with van der Waals surface area (Å²) in [5, 5.41) is 20.5. The van der Waals surface area contributed by atoms with E-state index >= 15 is 0 Å². The highest BCUT2D eigenvalue weighted by molar-refractivity contribution is 5.84. The first-order chi connectivity index (χ1) is 10.6. The Hall–Kier alpha value is -2.69. The van der Waals surface area contributed by atoms with E-state index in [2.05, 4.69) is 17.1 Å². The van der Waals surface area contributed by atoms with Gasteiger partial charge in [-0.1, -0.05) is 30.3 Å². The quantitative estimate of drug-likeness (QED) is 0.501. The number of aryl methyl sites for hydroxylation is 1.